The van der Waals surface area contributed by atoms with Crippen LogP contribution in [0.1, 0.15) is 32.4 Å². The van der Waals surface area contributed by atoms with Crippen LogP contribution in [0.2, 0.25) is 0 Å². The first-order valence-electron chi connectivity index (χ1n) is 7.84. The Morgan fingerprint density at radius 1 is 0.852 bits per heavy atom. The lowest BCUT2D eigenvalue weighted by atomic mass is 10.1. The molecule has 0 spiro atoms. The van der Waals surface area contributed by atoms with Crippen molar-refractivity contribution < 1.29 is 31.1 Å². The van der Waals surface area contributed by atoms with Crippen molar-refractivity contribution in [3.05, 3.63) is 70.8 Å². The van der Waals surface area contributed by atoms with E-state index in [1.807, 2.05) is 0 Å². The predicted molar refractivity (Wildman–Crippen MR) is 89.1 cm³/mol. The number of halogens is 6. The summed E-state index contributed by atoms with van der Waals surface area (Å²) in [6.07, 6.45) is -8.94. The lowest BCUT2D eigenvalue weighted by Gasteiger charge is -2.24. The molecule has 0 aliphatic carbocycles. The Hall–Kier alpha value is -2.16. The molecule has 1 saturated heterocycles. The van der Waals surface area contributed by atoms with Crippen LogP contribution in [0.3, 0.4) is 0 Å². The smallest absolute Gasteiger partial charge is 0.322 e. The molecule has 1 aliphatic heterocycles. The molecule has 2 aromatic carbocycles. The average Bonchev–Trinajstić information content (AvgIpc) is 3.09. The molecule has 0 unspecified atom stereocenters. The number of carbonyl (C=O) groups is 1. The fraction of sp³-hybridized carbons (Fsp3) is 0.278. The number of benzene rings is 2. The normalized spacial score (nSPS) is 18.0. The summed E-state index contributed by atoms with van der Waals surface area (Å²) in [4.78, 5) is 14.1. The van der Waals surface area contributed by atoms with Gasteiger partial charge < -0.3 is 4.90 Å². The molecular weight excluding hydrogens is 392 g/mol. The molecule has 0 aromatic heterocycles. The summed E-state index contributed by atoms with van der Waals surface area (Å²) in [5, 5.41) is -0.484. The third-order valence-corrected chi connectivity index (χ3v) is 5.39. The van der Waals surface area contributed by atoms with Gasteiger partial charge in [0.15, 0.2) is 0 Å². The fourth-order valence-corrected chi connectivity index (χ4v) is 4.01. The molecule has 1 amide bonds. The SMILES string of the molecule is O=C(c1ccc(C(F)(F)F)cc1)N1CCS[C@@H]1c1ccc(C(F)(F)F)cc1. The largest absolute Gasteiger partial charge is 0.416 e. The molecule has 1 heterocycles. The van der Waals surface area contributed by atoms with Crippen LogP contribution < -0.4 is 0 Å². The summed E-state index contributed by atoms with van der Waals surface area (Å²) < 4.78 is 76.0. The number of hydrogen-bond donors (Lipinski definition) is 0. The lowest BCUT2D eigenvalue weighted by Crippen LogP contribution is -2.30. The number of thioether (sulfide) groups is 1. The molecule has 1 atom stereocenters. The minimum absolute atomic E-state index is 0.0995. The molecular formula is C18H13F6NOS. The number of amides is 1. The second kappa shape index (κ2) is 7.10. The van der Waals surface area contributed by atoms with Gasteiger partial charge in [0.25, 0.3) is 5.91 Å². The van der Waals surface area contributed by atoms with E-state index in [1.165, 1.54) is 28.8 Å². The summed E-state index contributed by atoms with van der Waals surface area (Å²) in [5.74, 6) is 0.122. The van der Waals surface area contributed by atoms with Gasteiger partial charge in [-0.2, -0.15) is 26.3 Å². The molecule has 0 bridgehead atoms. The number of hydrogen-bond acceptors (Lipinski definition) is 2. The Bertz CT molecular complexity index is 814. The van der Waals surface area contributed by atoms with E-state index in [2.05, 4.69) is 0 Å². The van der Waals surface area contributed by atoms with Crippen molar-refractivity contribution in [2.45, 2.75) is 17.7 Å². The third kappa shape index (κ3) is 4.23. The van der Waals surface area contributed by atoms with Crippen LogP contribution >= 0.6 is 11.8 Å². The molecule has 9 heteroatoms. The van der Waals surface area contributed by atoms with Gasteiger partial charge in [-0.15, -0.1) is 11.8 Å². The highest BCUT2D eigenvalue weighted by molar-refractivity contribution is 7.99. The van der Waals surface area contributed by atoms with Crippen LogP contribution in [0, 0.1) is 0 Å². The van der Waals surface area contributed by atoms with E-state index in [-0.39, 0.29) is 5.56 Å². The molecule has 2 aromatic rings. The first-order valence-corrected chi connectivity index (χ1v) is 8.89. The first kappa shape index (κ1) is 19.6. The molecule has 144 valence electrons. The maximum absolute atomic E-state index is 12.7. The van der Waals surface area contributed by atoms with Crippen LogP contribution in [-0.2, 0) is 12.4 Å². The fourth-order valence-electron chi connectivity index (χ4n) is 2.76. The molecule has 3 rings (SSSR count). The first-order chi connectivity index (χ1) is 12.6. The Morgan fingerprint density at radius 3 is 1.81 bits per heavy atom. The van der Waals surface area contributed by atoms with Gasteiger partial charge >= 0.3 is 12.4 Å². The quantitative estimate of drug-likeness (QED) is 0.605. The molecule has 1 aliphatic rings. The van der Waals surface area contributed by atoms with Crippen molar-refractivity contribution in [2.24, 2.45) is 0 Å². The minimum Gasteiger partial charge on any atom is -0.322 e. The number of rotatable bonds is 2. The summed E-state index contributed by atoms with van der Waals surface area (Å²) in [6, 6.07) is 8.44. The lowest BCUT2D eigenvalue weighted by molar-refractivity contribution is -0.138. The van der Waals surface area contributed by atoms with Crippen LogP contribution in [0.4, 0.5) is 26.3 Å². The van der Waals surface area contributed by atoms with E-state index in [0.29, 0.717) is 17.9 Å². The molecule has 0 saturated carbocycles. The third-order valence-electron chi connectivity index (χ3n) is 4.13. The summed E-state index contributed by atoms with van der Waals surface area (Å²) >= 11 is 1.39. The summed E-state index contributed by atoms with van der Waals surface area (Å²) in [6.45, 7) is 0.357. The van der Waals surface area contributed by atoms with E-state index < -0.39 is 34.8 Å². The van der Waals surface area contributed by atoms with Gasteiger partial charge in [-0.05, 0) is 42.0 Å². The molecule has 2 nitrogen and oxygen atoms in total. The van der Waals surface area contributed by atoms with Crippen LogP contribution in [0.5, 0.6) is 0 Å². The van der Waals surface area contributed by atoms with Gasteiger partial charge in [-0.1, -0.05) is 12.1 Å². The Kier molecular flexibility index (Phi) is 5.16. The average molecular weight is 405 g/mol. The molecule has 0 radical (unpaired) electrons. The molecule has 0 N–H and O–H groups in total. The predicted octanol–water partition coefficient (Wildman–Crippen LogP) is 5.61. The highest BCUT2D eigenvalue weighted by Gasteiger charge is 2.34. The van der Waals surface area contributed by atoms with E-state index in [0.717, 1.165) is 36.4 Å². The Labute approximate surface area is 155 Å². The van der Waals surface area contributed by atoms with Gasteiger partial charge in [0.2, 0.25) is 0 Å². The van der Waals surface area contributed by atoms with E-state index in [9.17, 15) is 31.1 Å². The minimum atomic E-state index is -4.49. The maximum Gasteiger partial charge on any atom is 0.416 e. The highest BCUT2D eigenvalue weighted by Crippen LogP contribution is 2.40. The second-order valence-electron chi connectivity index (χ2n) is 5.92. The zero-order valence-corrected chi connectivity index (χ0v) is 14.5. The van der Waals surface area contributed by atoms with Crippen LogP contribution in [0.15, 0.2) is 48.5 Å². The summed E-state index contributed by atoms with van der Waals surface area (Å²) in [5.41, 5.74) is -1.00. The van der Waals surface area contributed by atoms with E-state index in [4.69, 9.17) is 0 Å². The highest BCUT2D eigenvalue weighted by atomic mass is 32.2. The van der Waals surface area contributed by atoms with Gasteiger partial charge in [-0.25, -0.2) is 0 Å². The topological polar surface area (TPSA) is 20.3 Å². The van der Waals surface area contributed by atoms with Crippen molar-refractivity contribution in [3.8, 4) is 0 Å². The number of alkyl halides is 6. The molecule has 1 fully saturated rings. The zero-order valence-electron chi connectivity index (χ0n) is 13.6. The van der Waals surface area contributed by atoms with Gasteiger partial charge in [0.05, 0.1) is 11.1 Å². The van der Waals surface area contributed by atoms with Crippen molar-refractivity contribution in [1.29, 1.82) is 0 Å². The monoisotopic (exact) mass is 405 g/mol. The Morgan fingerprint density at radius 2 is 1.33 bits per heavy atom. The zero-order chi connectivity index (χ0) is 19.8. The van der Waals surface area contributed by atoms with Gasteiger partial charge in [0.1, 0.15) is 5.37 Å². The van der Waals surface area contributed by atoms with E-state index >= 15 is 0 Å². The number of carbonyl (C=O) groups excluding carboxylic acids is 1. The van der Waals surface area contributed by atoms with Crippen LogP contribution in [-0.4, -0.2) is 23.1 Å². The second-order valence-corrected chi connectivity index (χ2v) is 7.10. The van der Waals surface area contributed by atoms with E-state index in [1.54, 1.807) is 0 Å². The standard InChI is InChI=1S/C18H13F6NOS/c19-17(20,21)13-5-1-11(2-6-13)15(26)25-9-10-27-16(25)12-3-7-14(8-4-12)18(22,23)24/h1-8,16H,9-10H2/t16-/m1/s1. The van der Waals surface area contributed by atoms with Crippen molar-refractivity contribution in [2.75, 3.05) is 12.3 Å². The van der Waals surface area contributed by atoms with Crippen LogP contribution in [0.25, 0.3) is 0 Å². The molecule has 27 heavy (non-hydrogen) atoms. The van der Waals surface area contributed by atoms with Crippen molar-refractivity contribution in [1.82, 2.24) is 4.90 Å². The maximum atomic E-state index is 12.7. The van der Waals surface area contributed by atoms with Crippen molar-refractivity contribution in [3.63, 3.8) is 0 Å². The van der Waals surface area contributed by atoms with Gasteiger partial charge in [0, 0.05) is 17.9 Å². The number of nitrogens with zero attached hydrogens (tertiary/aromatic N) is 1. The van der Waals surface area contributed by atoms with Crippen molar-refractivity contribution >= 4 is 17.7 Å². The van der Waals surface area contributed by atoms with Gasteiger partial charge in [-0.3, -0.25) is 4.79 Å². The Balaban J connectivity index is 1.80. The summed E-state index contributed by atoms with van der Waals surface area (Å²) in [7, 11) is 0.